The lowest BCUT2D eigenvalue weighted by Gasteiger charge is -2.26. The Balaban J connectivity index is 2.03. The molecule has 2 rings (SSSR count). The Bertz CT molecular complexity index is 428. The summed E-state index contributed by atoms with van der Waals surface area (Å²) in [5, 5.41) is 13.2. The first-order valence-corrected chi connectivity index (χ1v) is 6.60. The zero-order chi connectivity index (χ0) is 13.2. The highest BCUT2D eigenvalue weighted by Crippen LogP contribution is 2.28. The summed E-state index contributed by atoms with van der Waals surface area (Å²) < 4.78 is 0. The number of benzene rings is 1. The fourth-order valence-corrected chi connectivity index (χ4v) is 2.04. The second-order valence-corrected chi connectivity index (χ2v) is 5.70. The Morgan fingerprint density at radius 3 is 2.56 bits per heavy atom. The van der Waals surface area contributed by atoms with Gasteiger partial charge in [0, 0.05) is 11.4 Å². The summed E-state index contributed by atoms with van der Waals surface area (Å²) >= 11 is 5.82. The molecule has 0 radical (unpaired) electrons. The number of halogens is 1. The van der Waals surface area contributed by atoms with Crippen molar-refractivity contribution in [2.24, 2.45) is 5.92 Å². The van der Waals surface area contributed by atoms with Crippen LogP contribution in [0, 0.1) is 5.92 Å². The SMILES string of the molecule is CC(Cc1ccc(Cl)cc1)(NCC1CC1)C(=O)O. The summed E-state index contributed by atoms with van der Waals surface area (Å²) in [6.07, 6.45) is 2.89. The first kappa shape index (κ1) is 13.4. The second kappa shape index (κ2) is 5.29. The van der Waals surface area contributed by atoms with Crippen LogP contribution < -0.4 is 5.32 Å². The number of carboxylic acid groups (broad SMARTS) is 1. The van der Waals surface area contributed by atoms with E-state index < -0.39 is 11.5 Å². The van der Waals surface area contributed by atoms with E-state index in [1.54, 1.807) is 19.1 Å². The third kappa shape index (κ3) is 3.47. The Hall–Kier alpha value is -1.06. The van der Waals surface area contributed by atoms with Crippen molar-refractivity contribution < 1.29 is 9.90 Å². The van der Waals surface area contributed by atoms with E-state index in [0.29, 0.717) is 17.4 Å². The highest BCUT2D eigenvalue weighted by atomic mass is 35.5. The summed E-state index contributed by atoms with van der Waals surface area (Å²) in [6, 6.07) is 7.34. The van der Waals surface area contributed by atoms with Crippen molar-refractivity contribution in [1.29, 1.82) is 0 Å². The number of carbonyl (C=O) groups is 1. The minimum Gasteiger partial charge on any atom is -0.480 e. The first-order chi connectivity index (χ1) is 8.49. The van der Waals surface area contributed by atoms with Crippen LogP contribution in [0.3, 0.4) is 0 Å². The van der Waals surface area contributed by atoms with Crippen molar-refractivity contribution in [3.05, 3.63) is 34.9 Å². The molecule has 0 amide bonds. The zero-order valence-electron chi connectivity index (χ0n) is 10.4. The molecule has 0 saturated heterocycles. The van der Waals surface area contributed by atoms with Gasteiger partial charge in [0.15, 0.2) is 0 Å². The number of nitrogens with one attached hydrogen (secondary N) is 1. The van der Waals surface area contributed by atoms with Crippen LogP contribution in [0.2, 0.25) is 5.02 Å². The molecular formula is C14H18ClNO2. The lowest BCUT2D eigenvalue weighted by molar-refractivity contribution is -0.144. The fraction of sp³-hybridized carbons (Fsp3) is 0.500. The molecule has 4 heteroatoms. The molecule has 0 bridgehead atoms. The number of hydrogen-bond acceptors (Lipinski definition) is 2. The molecule has 0 heterocycles. The molecule has 2 N–H and O–H groups in total. The van der Waals surface area contributed by atoms with Gasteiger partial charge in [-0.2, -0.15) is 0 Å². The molecule has 98 valence electrons. The Morgan fingerprint density at radius 2 is 2.06 bits per heavy atom. The molecule has 18 heavy (non-hydrogen) atoms. The van der Waals surface area contributed by atoms with Crippen LogP contribution in [0.25, 0.3) is 0 Å². The van der Waals surface area contributed by atoms with Crippen LogP contribution in [-0.4, -0.2) is 23.2 Å². The molecule has 1 aromatic rings. The van der Waals surface area contributed by atoms with E-state index in [0.717, 1.165) is 12.1 Å². The highest BCUT2D eigenvalue weighted by Gasteiger charge is 2.34. The van der Waals surface area contributed by atoms with Gasteiger partial charge in [0.1, 0.15) is 5.54 Å². The van der Waals surface area contributed by atoms with E-state index in [9.17, 15) is 9.90 Å². The van der Waals surface area contributed by atoms with Gasteiger partial charge >= 0.3 is 5.97 Å². The summed E-state index contributed by atoms with van der Waals surface area (Å²) in [6.45, 7) is 2.53. The predicted molar refractivity (Wildman–Crippen MR) is 71.9 cm³/mol. The van der Waals surface area contributed by atoms with Crippen LogP contribution in [-0.2, 0) is 11.2 Å². The minimum absolute atomic E-state index is 0.465. The summed E-state index contributed by atoms with van der Waals surface area (Å²) in [5.41, 5.74) is 0.0729. The third-order valence-electron chi connectivity index (χ3n) is 3.42. The van der Waals surface area contributed by atoms with Gasteiger partial charge in [0.05, 0.1) is 0 Å². The Labute approximate surface area is 112 Å². The molecule has 1 atom stereocenters. The average molecular weight is 268 g/mol. The van der Waals surface area contributed by atoms with Crippen molar-refractivity contribution in [3.8, 4) is 0 Å². The molecule has 1 aliphatic carbocycles. The van der Waals surface area contributed by atoms with Gasteiger partial charge in [-0.05, 0) is 49.9 Å². The minimum atomic E-state index is -0.906. The Kier molecular flexibility index (Phi) is 3.93. The highest BCUT2D eigenvalue weighted by molar-refractivity contribution is 6.30. The molecule has 1 aromatic carbocycles. The molecule has 1 aliphatic rings. The monoisotopic (exact) mass is 267 g/mol. The fourth-order valence-electron chi connectivity index (χ4n) is 1.92. The summed E-state index contributed by atoms with van der Waals surface area (Å²) in [5.74, 6) is -0.146. The van der Waals surface area contributed by atoms with Crippen molar-refractivity contribution in [2.75, 3.05) is 6.54 Å². The summed E-state index contributed by atoms with van der Waals surface area (Å²) in [4.78, 5) is 11.4. The Morgan fingerprint density at radius 1 is 1.44 bits per heavy atom. The van der Waals surface area contributed by atoms with E-state index >= 15 is 0 Å². The topological polar surface area (TPSA) is 49.3 Å². The van der Waals surface area contributed by atoms with E-state index in [2.05, 4.69) is 5.32 Å². The van der Waals surface area contributed by atoms with E-state index in [-0.39, 0.29) is 0 Å². The van der Waals surface area contributed by atoms with Gasteiger partial charge in [-0.25, -0.2) is 0 Å². The third-order valence-corrected chi connectivity index (χ3v) is 3.67. The number of hydrogen-bond donors (Lipinski definition) is 2. The zero-order valence-corrected chi connectivity index (χ0v) is 11.2. The van der Waals surface area contributed by atoms with Crippen LogP contribution in [0.4, 0.5) is 0 Å². The number of aliphatic carboxylic acids is 1. The van der Waals surface area contributed by atoms with E-state index in [1.807, 2.05) is 12.1 Å². The van der Waals surface area contributed by atoms with Crippen molar-refractivity contribution in [2.45, 2.75) is 31.7 Å². The molecule has 0 aromatic heterocycles. The number of carboxylic acids is 1. The van der Waals surface area contributed by atoms with Crippen LogP contribution in [0.1, 0.15) is 25.3 Å². The molecule has 3 nitrogen and oxygen atoms in total. The maximum Gasteiger partial charge on any atom is 0.323 e. The van der Waals surface area contributed by atoms with Gasteiger partial charge in [-0.1, -0.05) is 23.7 Å². The molecule has 1 fully saturated rings. The van der Waals surface area contributed by atoms with Gasteiger partial charge in [-0.15, -0.1) is 0 Å². The normalized spacial score (nSPS) is 18.3. The second-order valence-electron chi connectivity index (χ2n) is 5.26. The van der Waals surface area contributed by atoms with Gasteiger partial charge in [0.2, 0.25) is 0 Å². The van der Waals surface area contributed by atoms with E-state index in [4.69, 9.17) is 11.6 Å². The maximum atomic E-state index is 11.4. The smallest absolute Gasteiger partial charge is 0.323 e. The molecular weight excluding hydrogens is 250 g/mol. The van der Waals surface area contributed by atoms with Crippen molar-refractivity contribution >= 4 is 17.6 Å². The molecule has 0 aliphatic heterocycles. The van der Waals surface area contributed by atoms with Crippen molar-refractivity contribution in [3.63, 3.8) is 0 Å². The quantitative estimate of drug-likeness (QED) is 0.833. The van der Waals surface area contributed by atoms with Gasteiger partial charge in [-0.3, -0.25) is 4.79 Å². The molecule has 0 spiro atoms. The first-order valence-electron chi connectivity index (χ1n) is 6.22. The maximum absolute atomic E-state index is 11.4. The van der Waals surface area contributed by atoms with Crippen LogP contribution in [0.5, 0.6) is 0 Å². The molecule has 1 saturated carbocycles. The predicted octanol–water partition coefficient (Wildman–Crippen LogP) is 2.73. The number of rotatable bonds is 6. The van der Waals surface area contributed by atoms with E-state index in [1.165, 1.54) is 12.8 Å². The lowest BCUT2D eigenvalue weighted by atomic mass is 9.92. The molecule has 1 unspecified atom stereocenters. The van der Waals surface area contributed by atoms with Crippen LogP contribution >= 0.6 is 11.6 Å². The standard InChI is InChI=1S/C14H18ClNO2/c1-14(13(17)18,16-9-11-2-3-11)8-10-4-6-12(15)7-5-10/h4-7,11,16H,2-3,8-9H2,1H3,(H,17,18). The average Bonchev–Trinajstić information content (AvgIpc) is 3.13. The van der Waals surface area contributed by atoms with Gasteiger partial charge < -0.3 is 10.4 Å². The van der Waals surface area contributed by atoms with Crippen LogP contribution in [0.15, 0.2) is 24.3 Å². The largest absolute Gasteiger partial charge is 0.480 e. The lowest BCUT2D eigenvalue weighted by Crippen LogP contribution is -2.52. The van der Waals surface area contributed by atoms with Gasteiger partial charge in [0.25, 0.3) is 0 Å². The van der Waals surface area contributed by atoms with Crippen molar-refractivity contribution in [1.82, 2.24) is 5.32 Å². The summed E-state index contributed by atoms with van der Waals surface area (Å²) in [7, 11) is 0.